The van der Waals surface area contributed by atoms with Crippen LogP contribution in [-0.2, 0) is 0 Å². The third-order valence-electron chi connectivity index (χ3n) is 14.0. The maximum absolute atomic E-state index is 6.57. The molecule has 14 rings (SSSR count). The van der Waals surface area contributed by atoms with E-state index in [1.807, 2.05) is 12.1 Å². The summed E-state index contributed by atoms with van der Waals surface area (Å²) < 4.78 is 15.4. The van der Waals surface area contributed by atoms with Crippen LogP contribution in [0.4, 0.5) is 17.1 Å². The molecular weight excluding hydrogens is 853 g/mol. The van der Waals surface area contributed by atoms with Crippen molar-refractivity contribution in [2.24, 2.45) is 0 Å². The lowest BCUT2D eigenvalue weighted by atomic mass is 9.96. The second-order valence-corrected chi connectivity index (χ2v) is 18.0. The van der Waals surface area contributed by atoms with E-state index in [0.29, 0.717) is 0 Å². The van der Waals surface area contributed by atoms with Crippen LogP contribution in [-0.4, -0.2) is 4.57 Å². The summed E-state index contributed by atoms with van der Waals surface area (Å²) in [5.41, 5.74) is 19.4. The Morgan fingerprint density at radius 3 is 1.53 bits per heavy atom. The minimum absolute atomic E-state index is 0.869. The molecule has 3 aromatic heterocycles. The van der Waals surface area contributed by atoms with Crippen LogP contribution in [0.15, 0.2) is 264 Å². The van der Waals surface area contributed by atoms with Crippen LogP contribution >= 0.6 is 0 Å². The van der Waals surface area contributed by atoms with Crippen molar-refractivity contribution in [1.29, 1.82) is 0 Å². The van der Waals surface area contributed by atoms with E-state index in [4.69, 9.17) is 8.83 Å². The number of nitrogens with zero attached hydrogens (tertiary/aromatic N) is 2. The molecule has 0 saturated heterocycles. The highest BCUT2D eigenvalue weighted by Crippen LogP contribution is 2.43. The molecule has 70 heavy (non-hydrogen) atoms. The second kappa shape index (κ2) is 16.2. The van der Waals surface area contributed by atoms with E-state index in [2.05, 4.69) is 252 Å². The average Bonchev–Trinajstić information content (AvgIpc) is 4.11. The maximum Gasteiger partial charge on any atom is 0.143 e. The maximum atomic E-state index is 6.57. The summed E-state index contributed by atoms with van der Waals surface area (Å²) in [5, 5.41) is 6.92. The third-order valence-corrected chi connectivity index (χ3v) is 14.0. The van der Waals surface area contributed by atoms with Crippen molar-refractivity contribution in [2.75, 3.05) is 4.90 Å². The molecule has 0 spiro atoms. The Kier molecular flexibility index (Phi) is 9.17. The molecular formula is C66H42N2O2. The van der Waals surface area contributed by atoms with Gasteiger partial charge in [0.1, 0.15) is 22.3 Å². The number of hydrogen-bond donors (Lipinski definition) is 0. The molecule has 0 amide bonds. The first-order chi connectivity index (χ1) is 34.7. The summed E-state index contributed by atoms with van der Waals surface area (Å²) in [5.74, 6) is 0. The molecule has 0 bridgehead atoms. The first-order valence-corrected chi connectivity index (χ1v) is 23.8. The number of anilines is 3. The van der Waals surface area contributed by atoms with Gasteiger partial charge in [-0.3, -0.25) is 0 Å². The third kappa shape index (κ3) is 6.53. The first-order valence-electron chi connectivity index (χ1n) is 23.8. The highest BCUT2D eigenvalue weighted by molar-refractivity contribution is 6.15. The number of aromatic nitrogens is 1. The Labute approximate surface area is 404 Å². The number of hydrogen-bond acceptors (Lipinski definition) is 3. The molecule has 0 fully saturated rings. The number of rotatable bonds is 8. The molecule has 328 valence electrons. The van der Waals surface area contributed by atoms with Gasteiger partial charge in [-0.05, 0) is 130 Å². The van der Waals surface area contributed by atoms with E-state index in [1.54, 1.807) is 0 Å². The van der Waals surface area contributed by atoms with Gasteiger partial charge in [0.05, 0.1) is 11.0 Å². The molecule has 4 nitrogen and oxygen atoms in total. The fraction of sp³-hybridized carbons (Fsp3) is 0. The molecule has 0 aliphatic heterocycles. The lowest BCUT2D eigenvalue weighted by Crippen LogP contribution is -2.09. The van der Waals surface area contributed by atoms with Crippen LogP contribution < -0.4 is 4.90 Å². The zero-order valence-corrected chi connectivity index (χ0v) is 38.0. The van der Waals surface area contributed by atoms with Gasteiger partial charge in [0.2, 0.25) is 0 Å². The van der Waals surface area contributed by atoms with E-state index >= 15 is 0 Å². The largest absolute Gasteiger partial charge is 0.456 e. The molecule has 4 heteroatoms. The molecule has 0 aliphatic carbocycles. The fourth-order valence-electron chi connectivity index (χ4n) is 10.7. The van der Waals surface area contributed by atoms with Gasteiger partial charge in [-0.2, -0.15) is 0 Å². The smallest absolute Gasteiger partial charge is 0.143 e. The van der Waals surface area contributed by atoms with E-state index in [-0.39, 0.29) is 0 Å². The Morgan fingerprint density at radius 2 is 0.786 bits per heavy atom. The van der Waals surface area contributed by atoms with Crippen LogP contribution in [0.25, 0.3) is 116 Å². The summed E-state index contributed by atoms with van der Waals surface area (Å²) in [6, 6.07) is 91.0. The van der Waals surface area contributed by atoms with Gasteiger partial charge in [-0.1, -0.05) is 164 Å². The number of furan rings is 2. The molecule has 14 aromatic rings. The van der Waals surface area contributed by atoms with E-state index < -0.39 is 0 Å². The van der Waals surface area contributed by atoms with E-state index in [0.717, 1.165) is 100 Å². The van der Waals surface area contributed by atoms with Crippen LogP contribution in [0.2, 0.25) is 0 Å². The molecule has 0 N–H and O–H groups in total. The zero-order chi connectivity index (χ0) is 46.1. The Morgan fingerprint density at radius 1 is 0.286 bits per heavy atom. The lowest BCUT2D eigenvalue weighted by molar-refractivity contribution is 0.669. The van der Waals surface area contributed by atoms with Gasteiger partial charge in [-0.25, -0.2) is 0 Å². The quantitative estimate of drug-likeness (QED) is 0.152. The molecule has 11 aromatic carbocycles. The van der Waals surface area contributed by atoms with Crippen molar-refractivity contribution >= 4 is 82.7 Å². The monoisotopic (exact) mass is 894 g/mol. The second-order valence-electron chi connectivity index (χ2n) is 18.0. The standard InChI is InChI=1S/C66H42N2O2/c1-3-13-43(14-4-1)44-25-33-50(34-26-44)67(52-37-29-46(30-38-52)54-20-11-21-57-56-18-8-10-23-62(56)70-66(54)57)51-35-27-45(28-36-51)53-19-12-24-64-65(53)59-42-48(32-40-63(59)69-64)47-31-39-61-58(41-47)55-17-7-9-22-60(55)68(61)49-15-5-2-6-16-49/h1-42H. The topological polar surface area (TPSA) is 34.5 Å². The summed E-state index contributed by atoms with van der Waals surface area (Å²) in [4.78, 5) is 2.33. The molecule has 0 radical (unpaired) electrons. The Bertz CT molecular complexity index is 4260. The van der Waals surface area contributed by atoms with Gasteiger partial charge in [0, 0.05) is 60.6 Å². The minimum Gasteiger partial charge on any atom is -0.456 e. The predicted molar refractivity (Wildman–Crippen MR) is 292 cm³/mol. The van der Waals surface area contributed by atoms with Crippen molar-refractivity contribution in [2.45, 2.75) is 0 Å². The first kappa shape index (κ1) is 39.8. The lowest BCUT2D eigenvalue weighted by Gasteiger charge is -2.26. The van der Waals surface area contributed by atoms with Gasteiger partial charge in [0.15, 0.2) is 0 Å². The van der Waals surface area contributed by atoms with Gasteiger partial charge in [0.25, 0.3) is 0 Å². The number of benzene rings is 11. The van der Waals surface area contributed by atoms with E-state index in [1.165, 1.54) is 32.9 Å². The Hall–Kier alpha value is -9.38. The number of para-hydroxylation sites is 4. The van der Waals surface area contributed by atoms with Crippen LogP contribution in [0, 0.1) is 0 Å². The average molecular weight is 895 g/mol. The summed E-state index contributed by atoms with van der Waals surface area (Å²) in [6.07, 6.45) is 0. The van der Waals surface area contributed by atoms with Crippen LogP contribution in [0.3, 0.4) is 0 Å². The highest BCUT2D eigenvalue weighted by atomic mass is 16.3. The van der Waals surface area contributed by atoms with Crippen molar-refractivity contribution in [1.82, 2.24) is 4.57 Å². The van der Waals surface area contributed by atoms with E-state index in [9.17, 15) is 0 Å². The van der Waals surface area contributed by atoms with Crippen molar-refractivity contribution in [3.05, 3.63) is 255 Å². The summed E-state index contributed by atoms with van der Waals surface area (Å²) >= 11 is 0. The normalized spacial score (nSPS) is 11.7. The van der Waals surface area contributed by atoms with Gasteiger partial charge >= 0.3 is 0 Å². The van der Waals surface area contributed by atoms with Crippen molar-refractivity contribution in [3.63, 3.8) is 0 Å². The van der Waals surface area contributed by atoms with Crippen LogP contribution in [0.5, 0.6) is 0 Å². The summed E-state index contributed by atoms with van der Waals surface area (Å²) in [7, 11) is 0. The highest BCUT2D eigenvalue weighted by Gasteiger charge is 2.19. The predicted octanol–water partition coefficient (Wildman–Crippen LogP) is 18.7. The molecule has 3 heterocycles. The molecule has 0 saturated carbocycles. The van der Waals surface area contributed by atoms with Crippen molar-refractivity contribution < 1.29 is 8.83 Å². The number of fused-ring (bicyclic) bond motifs is 9. The van der Waals surface area contributed by atoms with Gasteiger partial charge in [-0.15, -0.1) is 0 Å². The van der Waals surface area contributed by atoms with Crippen LogP contribution in [0.1, 0.15) is 0 Å². The SMILES string of the molecule is c1ccc(-c2ccc(N(c3ccc(-c4cccc5c4oc4ccccc45)cc3)c3ccc(-c4cccc5oc6ccc(-c7ccc8c(c7)c7ccccc7n8-c7ccccc7)cc6c45)cc3)cc2)cc1. The summed E-state index contributed by atoms with van der Waals surface area (Å²) in [6.45, 7) is 0. The van der Waals surface area contributed by atoms with Crippen molar-refractivity contribution in [3.8, 4) is 50.2 Å². The van der Waals surface area contributed by atoms with Gasteiger partial charge < -0.3 is 18.3 Å². The zero-order valence-electron chi connectivity index (χ0n) is 38.0. The molecule has 0 aliphatic rings. The fourth-order valence-corrected chi connectivity index (χ4v) is 10.7. The molecule has 0 unspecified atom stereocenters. The Balaban J connectivity index is 0.844. The minimum atomic E-state index is 0.869. The molecule has 0 atom stereocenters.